The third-order valence-electron chi connectivity index (χ3n) is 4.58. The number of fused-ring (bicyclic) bond motifs is 3. The van der Waals surface area contributed by atoms with Gasteiger partial charge in [0.15, 0.2) is 5.09 Å². The Balaban J connectivity index is 1.53. The van der Waals surface area contributed by atoms with Gasteiger partial charge in [0.25, 0.3) is 5.91 Å². The van der Waals surface area contributed by atoms with E-state index >= 15 is 0 Å². The van der Waals surface area contributed by atoms with E-state index in [2.05, 4.69) is 10.6 Å². The Morgan fingerprint density at radius 1 is 1.38 bits per heavy atom. The first kappa shape index (κ1) is 13.2. The van der Waals surface area contributed by atoms with Crippen molar-refractivity contribution in [1.82, 2.24) is 10.6 Å². The van der Waals surface area contributed by atoms with Crippen LogP contribution >= 0.6 is 11.8 Å². The van der Waals surface area contributed by atoms with Crippen molar-refractivity contribution in [2.75, 3.05) is 6.26 Å². The van der Waals surface area contributed by atoms with E-state index in [0.29, 0.717) is 17.6 Å². The molecule has 3 atom stereocenters. The molecule has 4 nitrogen and oxygen atoms in total. The SMILES string of the molecule is CSc1cc2ccc(C(=O)N[C@@H]3C[C@H]4CC[C@@H]3N4)cc2o1. The molecule has 4 rings (SSSR count). The fourth-order valence-electron chi connectivity index (χ4n) is 3.48. The highest BCUT2D eigenvalue weighted by Crippen LogP contribution is 2.29. The van der Waals surface area contributed by atoms with Crippen LogP contribution in [0.25, 0.3) is 11.0 Å². The molecule has 0 unspecified atom stereocenters. The van der Waals surface area contributed by atoms with Crippen molar-refractivity contribution in [2.45, 2.75) is 42.5 Å². The lowest BCUT2D eigenvalue weighted by Gasteiger charge is -2.21. The van der Waals surface area contributed by atoms with Gasteiger partial charge in [-0.2, -0.15) is 0 Å². The van der Waals surface area contributed by atoms with Crippen LogP contribution in [0.4, 0.5) is 0 Å². The third kappa shape index (κ3) is 2.34. The Bertz CT molecular complexity index is 697. The molecule has 2 N–H and O–H groups in total. The first-order valence-corrected chi connectivity index (χ1v) is 8.60. The number of carbonyl (C=O) groups excluding carboxylic acids is 1. The van der Waals surface area contributed by atoms with Crippen LogP contribution in [-0.4, -0.2) is 30.3 Å². The number of carbonyl (C=O) groups is 1. The second-order valence-corrected chi connectivity index (χ2v) is 6.70. The van der Waals surface area contributed by atoms with Crippen molar-refractivity contribution in [1.29, 1.82) is 0 Å². The lowest BCUT2D eigenvalue weighted by Crippen LogP contribution is -2.42. The minimum absolute atomic E-state index is 0.00153. The van der Waals surface area contributed by atoms with E-state index in [1.54, 1.807) is 11.8 Å². The van der Waals surface area contributed by atoms with E-state index in [1.165, 1.54) is 12.8 Å². The van der Waals surface area contributed by atoms with Crippen LogP contribution in [0.1, 0.15) is 29.6 Å². The Hall–Kier alpha value is -1.46. The van der Waals surface area contributed by atoms with E-state index in [4.69, 9.17) is 4.42 Å². The van der Waals surface area contributed by atoms with Crippen molar-refractivity contribution in [2.24, 2.45) is 0 Å². The summed E-state index contributed by atoms with van der Waals surface area (Å²) in [5.74, 6) is -0.00153. The molecule has 110 valence electrons. The van der Waals surface area contributed by atoms with Crippen LogP contribution in [0.5, 0.6) is 0 Å². The topological polar surface area (TPSA) is 54.3 Å². The van der Waals surface area contributed by atoms with Gasteiger partial charge in [0.05, 0.1) is 0 Å². The minimum atomic E-state index is -0.00153. The number of nitrogens with one attached hydrogen (secondary N) is 2. The van der Waals surface area contributed by atoms with Crippen LogP contribution in [0.2, 0.25) is 0 Å². The Labute approximate surface area is 127 Å². The highest BCUT2D eigenvalue weighted by atomic mass is 32.2. The first-order valence-electron chi connectivity index (χ1n) is 7.37. The molecule has 2 aliphatic heterocycles. The fraction of sp³-hybridized carbons (Fsp3) is 0.438. The zero-order chi connectivity index (χ0) is 14.4. The number of rotatable bonds is 3. The molecule has 3 heterocycles. The summed E-state index contributed by atoms with van der Waals surface area (Å²) in [6.45, 7) is 0. The van der Waals surface area contributed by atoms with E-state index < -0.39 is 0 Å². The largest absolute Gasteiger partial charge is 0.450 e. The summed E-state index contributed by atoms with van der Waals surface area (Å²) in [6.07, 6.45) is 5.44. The van der Waals surface area contributed by atoms with Gasteiger partial charge >= 0.3 is 0 Å². The molecular weight excluding hydrogens is 284 g/mol. The van der Waals surface area contributed by atoms with E-state index in [9.17, 15) is 4.79 Å². The summed E-state index contributed by atoms with van der Waals surface area (Å²) >= 11 is 1.57. The van der Waals surface area contributed by atoms with Crippen LogP contribution in [0.3, 0.4) is 0 Å². The van der Waals surface area contributed by atoms with Gasteiger partial charge in [0.1, 0.15) is 5.58 Å². The van der Waals surface area contributed by atoms with Crippen molar-refractivity contribution < 1.29 is 9.21 Å². The number of benzene rings is 1. The van der Waals surface area contributed by atoms with Gasteiger partial charge < -0.3 is 15.1 Å². The number of amides is 1. The molecule has 0 spiro atoms. The number of furan rings is 1. The van der Waals surface area contributed by atoms with E-state index in [0.717, 1.165) is 22.5 Å². The standard InChI is InChI=1S/C16H18N2O2S/c1-21-15-7-9-2-3-10(6-14(9)20-15)16(19)18-13-8-11-4-5-12(13)17-11/h2-3,6-7,11-13,17H,4-5,8H2,1H3,(H,18,19)/t11-,12+,13-/m1/s1. The van der Waals surface area contributed by atoms with Crippen LogP contribution in [0.15, 0.2) is 33.8 Å². The molecule has 2 saturated heterocycles. The summed E-state index contributed by atoms with van der Waals surface area (Å²) in [6, 6.07) is 8.98. The zero-order valence-corrected chi connectivity index (χ0v) is 12.7. The zero-order valence-electron chi connectivity index (χ0n) is 11.9. The predicted molar refractivity (Wildman–Crippen MR) is 83.8 cm³/mol. The van der Waals surface area contributed by atoms with Gasteiger partial charge in [-0.15, -0.1) is 0 Å². The highest BCUT2D eigenvalue weighted by molar-refractivity contribution is 7.98. The summed E-state index contributed by atoms with van der Waals surface area (Å²) in [5, 5.41) is 8.62. The lowest BCUT2D eigenvalue weighted by molar-refractivity contribution is 0.0931. The van der Waals surface area contributed by atoms with Crippen molar-refractivity contribution in [3.8, 4) is 0 Å². The van der Waals surface area contributed by atoms with E-state index in [1.807, 2.05) is 30.5 Å². The van der Waals surface area contributed by atoms with E-state index in [-0.39, 0.29) is 11.9 Å². The molecular formula is C16H18N2O2S. The summed E-state index contributed by atoms with van der Waals surface area (Å²) in [4.78, 5) is 12.4. The van der Waals surface area contributed by atoms with Gasteiger partial charge in [-0.1, -0.05) is 17.8 Å². The maximum atomic E-state index is 12.4. The Kier molecular flexibility index (Phi) is 3.19. The molecule has 2 aromatic rings. The molecule has 0 radical (unpaired) electrons. The molecule has 5 heteroatoms. The molecule has 0 saturated carbocycles. The maximum absolute atomic E-state index is 12.4. The van der Waals surface area contributed by atoms with Gasteiger partial charge in [0, 0.05) is 29.1 Å². The Morgan fingerprint density at radius 3 is 3.00 bits per heavy atom. The van der Waals surface area contributed by atoms with Crippen LogP contribution in [-0.2, 0) is 0 Å². The summed E-state index contributed by atoms with van der Waals surface area (Å²) in [5.41, 5.74) is 1.45. The number of hydrogen-bond donors (Lipinski definition) is 2. The normalized spacial score (nSPS) is 27.4. The van der Waals surface area contributed by atoms with Gasteiger partial charge in [-0.3, -0.25) is 4.79 Å². The third-order valence-corrected chi connectivity index (χ3v) is 5.18. The number of hydrogen-bond acceptors (Lipinski definition) is 4. The molecule has 1 aromatic carbocycles. The second kappa shape index (κ2) is 5.07. The summed E-state index contributed by atoms with van der Waals surface area (Å²) < 4.78 is 5.70. The molecule has 2 aliphatic rings. The van der Waals surface area contributed by atoms with Crippen molar-refractivity contribution in [3.05, 3.63) is 29.8 Å². The smallest absolute Gasteiger partial charge is 0.251 e. The Morgan fingerprint density at radius 2 is 2.29 bits per heavy atom. The molecule has 2 fully saturated rings. The molecule has 21 heavy (non-hydrogen) atoms. The van der Waals surface area contributed by atoms with Crippen LogP contribution < -0.4 is 10.6 Å². The van der Waals surface area contributed by atoms with Crippen LogP contribution in [0, 0.1) is 0 Å². The lowest BCUT2D eigenvalue weighted by atomic mass is 9.95. The van der Waals surface area contributed by atoms with Crippen molar-refractivity contribution in [3.63, 3.8) is 0 Å². The predicted octanol–water partition coefficient (Wildman–Crippen LogP) is 2.78. The highest BCUT2D eigenvalue weighted by Gasteiger charge is 2.39. The average molecular weight is 302 g/mol. The maximum Gasteiger partial charge on any atom is 0.251 e. The molecule has 1 amide bonds. The molecule has 2 bridgehead atoms. The average Bonchev–Trinajstić information content (AvgIpc) is 3.20. The monoisotopic (exact) mass is 302 g/mol. The second-order valence-electron chi connectivity index (χ2n) is 5.89. The first-order chi connectivity index (χ1) is 10.2. The minimum Gasteiger partial charge on any atom is -0.450 e. The van der Waals surface area contributed by atoms with Gasteiger partial charge in [0.2, 0.25) is 0 Å². The van der Waals surface area contributed by atoms with Crippen molar-refractivity contribution >= 4 is 28.6 Å². The van der Waals surface area contributed by atoms with Gasteiger partial charge in [-0.05, 0) is 43.7 Å². The molecule has 1 aromatic heterocycles. The number of thioether (sulfide) groups is 1. The summed E-state index contributed by atoms with van der Waals surface area (Å²) in [7, 11) is 0. The quantitative estimate of drug-likeness (QED) is 0.856. The van der Waals surface area contributed by atoms with Gasteiger partial charge in [-0.25, -0.2) is 0 Å². The fourth-order valence-corrected chi connectivity index (χ4v) is 3.90. The molecule has 0 aliphatic carbocycles.